The lowest BCUT2D eigenvalue weighted by Gasteiger charge is -2.16. The molecule has 2 atom stereocenters. The van der Waals surface area contributed by atoms with Gasteiger partial charge < -0.3 is 14.6 Å². The Hall–Kier alpha value is -2.73. The summed E-state index contributed by atoms with van der Waals surface area (Å²) >= 11 is 0. The van der Waals surface area contributed by atoms with E-state index in [1.54, 1.807) is 23.5 Å². The average molecular weight is 350 g/mol. The van der Waals surface area contributed by atoms with Crippen molar-refractivity contribution in [1.82, 2.24) is 19.4 Å². The molecule has 1 saturated heterocycles. The molecule has 0 saturated carbocycles. The molecule has 1 aliphatic rings. The van der Waals surface area contributed by atoms with Crippen molar-refractivity contribution in [2.75, 3.05) is 13.1 Å². The molecule has 1 N–H and O–H groups in total. The van der Waals surface area contributed by atoms with E-state index in [4.69, 9.17) is 0 Å². The van der Waals surface area contributed by atoms with Crippen LogP contribution in [0.3, 0.4) is 0 Å². The van der Waals surface area contributed by atoms with Crippen LogP contribution in [0.25, 0.3) is 10.9 Å². The van der Waals surface area contributed by atoms with Crippen molar-refractivity contribution in [2.24, 2.45) is 13.0 Å². The van der Waals surface area contributed by atoms with Gasteiger partial charge in [0.1, 0.15) is 5.69 Å². The monoisotopic (exact) mass is 350 g/mol. The first kappa shape index (κ1) is 16.7. The molecule has 3 aromatic rings. The summed E-state index contributed by atoms with van der Waals surface area (Å²) in [5.41, 5.74) is 3.70. The molecule has 134 valence electrons. The van der Waals surface area contributed by atoms with Gasteiger partial charge in [-0.15, -0.1) is 0 Å². The number of amides is 1. The number of aliphatic hydroxyl groups excluding tert-OH is 1. The van der Waals surface area contributed by atoms with Gasteiger partial charge in [0.15, 0.2) is 0 Å². The van der Waals surface area contributed by atoms with Gasteiger partial charge in [0, 0.05) is 55.5 Å². The second-order valence-electron chi connectivity index (χ2n) is 7.09. The molecule has 1 fully saturated rings. The first-order valence-electron chi connectivity index (χ1n) is 8.81. The molecule has 26 heavy (non-hydrogen) atoms. The van der Waals surface area contributed by atoms with Crippen molar-refractivity contribution in [3.8, 4) is 0 Å². The molecule has 6 heteroatoms. The number of likely N-dealkylation sites (tertiary alicyclic amines) is 1. The summed E-state index contributed by atoms with van der Waals surface area (Å²) in [5, 5.41) is 11.5. The van der Waals surface area contributed by atoms with E-state index in [1.807, 2.05) is 36.7 Å². The third kappa shape index (κ3) is 2.97. The minimum absolute atomic E-state index is 0.0208. The fourth-order valence-electron chi connectivity index (χ4n) is 3.76. The number of β-amino-alcohol motifs (C(OH)–C–C–N with tert-alkyl or cyclic N) is 1. The van der Waals surface area contributed by atoms with Gasteiger partial charge in [-0.05, 0) is 31.5 Å². The molecule has 6 nitrogen and oxygen atoms in total. The fraction of sp³-hybridized carbons (Fsp3) is 0.350. The number of aryl methyl sites for hydroxylation is 2. The number of rotatable bonds is 3. The van der Waals surface area contributed by atoms with Crippen LogP contribution in [0.4, 0.5) is 0 Å². The van der Waals surface area contributed by atoms with Crippen molar-refractivity contribution in [1.29, 1.82) is 0 Å². The number of benzene rings is 1. The predicted octanol–water partition coefficient (Wildman–Crippen LogP) is 1.95. The van der Waals surface area contributed by atoms with Crippen LogP contribution in [0.5, 0.6) is 0 Å². The second-order valence-corrected chi connectivity index (χ2v) is 7.09. The number of nitrogens with zero attached hydrogens (tertiary/aromatic N) is 4. The van der Waals surface area contributed by atoms with Crippen LogP contribution in [0.2, 0.25) is 0 Å². The third-order valence-electron chi connectivity index (χ3n) is 5.20. The Balaban J connectivity index is 1.55. The fourth-order valence-corrected chi connectivity index (χ4v) is 3.76. The number of aromatic nitrogens is 3. The molecule has 0 aliphatic carbocycles. The van der Waals surface area contributed by atoms with E-state index in [0.29, 0.717) is 25.2 Å². The van der Waals surface area contributed by atoms with E-state index in [0.717, 1.165) is 16.6 Å². The Morgan fingerprint density at radius 2 is 2.12 bits per heavy atom. The summed E-state index contributed by atoms with van der Waals surface area (Å²) in [6.45, 7) is 2.92. The number of aliphatic hydroxyl groups is 1. The van der Waals surface area contributed by atoms with Crippen molar-refractivity contribution >= 4 is 16.8 Å². The number of carbonyl (C=O) groups is 1. The molecule has 1 amide bonds. The number of carbonyl (C=O) groups excluding carboxylic acids is 1. The standard InChI is InChI=1S/C20H22N4O2/c1-13-3-4-17-14(7-13)9-18(23(17)2)20(26)24-11-15(19(25)12-24)8-16-10-21-5-6-22-16/h3-7,9-10,15,19,25H,8,11-12H2,1-2H3/t15-,19-/m1/s1. The van der Waals surface area contributed by atoms with E-state index in [9.17, 15) is 9.90 Å². The highest BCUT2D eigenvalue weighted by Crippen LogP contribution is 2.25. The van der Waals surface area contributed by atoms with Gasteiger partial charge in [-0.3, -0.25) is 14.8 Å². The van der Waals surface area contributed by atoms with Crippen molar-refractivity contribution in [2.45, 2.75) is 19.4 Å². The first-order chi connectivity index (χ1) is 12.5. The highest BCUT2D eigenvalue weighted by molar-refractivity contribution is 5.99. The Morgan fingerprint density at radius 3 is 2.88 bits per heavy atom. The zero-order chi connectivity index (χ0) is 18.3. The molecule has 1 aliphatic heterocycles. The normalized spacial score (nSPS) is 20.0. The van der Waals surface area contributed by atoms with Gasteiger partial charge in [-0.1, -0.05) is 11.6 Å². The molecule has 0 spiro atoms. The number of hydrogen-bond acceptors (Lipinski definition) is 4. The molecule has 0 unspecified atom stereocenters. The van der Waals surface area contributed by atoms with E-state index in [-0.39, 0.29) is 11.8 Å². The summed E-state index contributed by atoms with van der Waals surface area (Å²) < 4.78 is 1.93. The Morgan fingerprint density at radius 1 is 1.27 bits per heavy atom. The van der Waals surface area contributed by atoms with E-state index >= 15 is 0 Å². The van der Waals surface area contributed by atoms with Gasteiger partial charge in [0.05, 0.1) is 11.8 Å². The maximum absolute atomic E-state index is 13.0. The molecular formula is C20H22N4O2. The van der Waals surface area contributed by atoms with Crippen molar-refractivity contribution in [3.05, 3.63) is 59.8 Å². The Bertz CT molecular complexity index is 951. The van der Waals surface area contributed by atoms with Crippen molar-refractivity contribution < 1.29 is 9.90 Å². The van der Waals surface area contributed by atoms with Crippen LogP contribution in [0.15, 0.2) is 42.9 Å². The van der Waals surface area contributed by atoms with Gasteiger partial charge in [0.25, 0.3) is 5.91 Å². The molecule has 0 radical (unpaired) electrons. The number of hydrogen-bond donors (Lipinski definition) is 1. The smallest absolute Gasteiger partial charge is 0.270 e. The summed E-state index contributed by atoms with van der Waals surface area (Å²) in [5.74, 6) is -0.0605. The van der Waals surface area contributed by atoms with Crippen LogP contribution in [-0.2, 0) is 13.5 Å². The summed E-state index contributed by atoms with van der Waals surface area (Å²) in [4.78, 5) is 23.1. The largest absolute Gasteiger partial charge is 0.391 e. The SMILES string of the molecule is Cc1ccc2c(c1)cc(C(=O)N1C[C@@H](Cc3cnccn3)[C@H](O)C1)n2C. The minimum Gasteiger partial charge on any atom is -0.391 e. The lowest BCUT2D eigenvalue weighted by molar-refractivity contribution is 0.0756. The summed E-state index contributed by atoms with van der Waals surface area (Å²) in [6.07, 6.45) is 5.07. The number of fused-ring (bicyclic) bond motifs is 1. The zero-order valence-corrected chi connectivity index (χ0v) is 15.0. The van der Waals surface area contributed by atoms with Crippen LogP contribution >= 0.6 is 0 Å². The van der Waals surface area contributed by atoms with E-state index in [1.165, 1.54) is 5.56 Å². The van der Waals surface area contributed by atoms with Crippen LogP contribution in [-0.4, -0.2) is 49.6 Å². The molecule has 4 rings (SSSR count). The molecule has 3 heterocycles. The first-order valence-corrected chi connectivity index (χ1v) is 8.81. The quantitative estimate of drug-likeness (QED) is 0.784. The van der Waals surface area contributed by atoms with Gasteiger partial charge >= 0.3 is 0 Å². The third-order valence-corrected chi connectivity index (χ3v) is 5.20. The molecule has 1 aromatic carbocycles. The van der Waals surface area contributed by atoms with Crippen molar-refractivity contribution in [3.63, 3.8) is 0 Å². The Kier molecular flexibility index (Phi) is 4.20. The van der Waals surface area contributed by atoms with Crippen LogP contribution in [0, 0.1) is 12.8 Å². The minimum atomic E-state index is -0.544. The van der Waals surface area contributed by atoms with Gasteiger partial charge in [0.2, 0.25) is 0 Å². The van der Waals surface area contributed by atoms with E-state index < -0.39 is 6.10 Å². The Labute approximate surface area is 152 Å². The zero-order valence-electron chi connectivity index (χ0n) is 15.0. The van der Waals surface area contributed by atoms with Crippen LogP contribution < -0.4 is 0 Å². The lowest BCUT2D eigenvalue weighted by Crippen LogP contribution is -2.31. The average Bonchev–Trinajstić information content (AvgIpc) is 3.15. The second kappa shape index (κ2) is 6.53. The lowest BCUT2D eigenvalue weighted by atomic mass is 10.0. The highest BCUT2D eigenvalue weighted by Gasteiger charge is 2.35. The highest BCUT2D eigenvalue weighted by atomic mass is 16.3. The maximum Gasteiger partial charge on any atom is 0.270 e. The topological polar surface area (TPSA) is 71.2 Å². The predicted molar refractivity (Wildman–Crippen MR) is 98.8 cm³/mol. The van der Waals surface area contributed by atoms with Crippen LogP contribution in [0.1, 0.15) is 21.7 Å². The summed E-state index contributed by atoms with van der Waals surface area (Å²) in [6, 6.07) is 8.11. The molecule has 0 bridgehead atoms. The van der Waals surface area contributed by atoms with E-state index in [2.05, 4.69) is 16.0 Å². The molecular weight excluding hydrogens is 328 g/mol. The van der Waals surface area contributed by atoms with Gasteiger partial charge in [-0.25, -0.2) is 0 Å². The summed E-state index contributed by atoms with van der Waals surface area (Å²) in [7, 11) is 1.91. The molecule has 2 aromatic heterocycles. The van der Waals surface area contributed by atoms with Gasteiger partial charge in [-0.2, -0.15) is 0 Å². The maximum atomic E-state index is 13.0.